The SMILES string of the molecule is CC(C)CNC(=O)c1ccc(NC(=O)CCCn2nnc(-c3ccccc3)n2)cc1Cl. The van der Waals surface area contributed by atoms with E-state index < -0.39 is 0 Å². The monoisotopic (exact) mass is 440 g/mol. The van der Waals surface area contributed by atoms with Crippen LogP contribution in [0.15, 0.2) is 48.5 Å². The minimum atomic E-state index is -0.230. The largest absolute Gasteiger partial charge is 0.352 e. The molecular formula is C22H25ClN6O2. The Morgan fingerprint density at radius 3 is 2.61 bits per heavy atom. The highest BCUT2D eigenvalue weighted by Crippen LogP contribution is 2.21. The van der Waals surface area contributed by atoms with Gasteiger partial charge in [-0.3, -0.25) is 9.59 Å². The summed E-state index contributed by atoms with van der Waals surface area (Å²) < 4.78 is 0. The van der Waals surface area contributed by atoms with Gasteiger partial charge in [0.2, 0.25) is 11.7 Å². The fraction of sp³-hybridized carbons (Fsp3) is 0.318. The number of tetrazole rings is 1. The molecule has 0 atom stereocenters. The quantitative estimate of drug-likeness (QED) is 0.527. The van der Waals surface area contributed by atoms with Gasteiger partial charge in [-0.15, -0.1) is 10.2 Å². The lowest BCUT2D eigenvalue weighted by Gasteiger charge is -2.10. The molecule has 3 aromatic rings. The fourth-order valence-corrected chi connectivity index (χ4v) is 3.08. The van der Waals surface area contributed by atoms with Crippen LogP contribution in [0.25, 0.3) is 11.4 Å². The van der Waals surface area contributed by atoms with Crippen LogP contribution in [0.5, 0.6) is 0 Å². The number of nitrogens with zero attached hydrogens (tertiary/aromatic N) is 4. The number of amides is 2. The maximum atomic E-state index is 12.2. The molecule has 0 saturated heterocycles. The highest BCUT2D eigenvalue weighted by molar-refractivity contribution is 6.34. The number of anilines is 1. The molecule has 3 rings (SSSR count). The molecule has 1 aromatic heterocycles. The number of halogens is 1. The number of nitrogens with one attached hydrogen (secondary N) is 2. The van der Waals surface area contributed by atoms with Crippen LogP contribution in [0, 0.1) is 5.92 Å². The van der Waals surface area contributed by atoms with Gasteiger partial charge in [0.15, 0.2) is 0 Å². The minimum Gasteiger partial charge on any atom is -0.352 e. The molecule has 0 fully saturated rings. The highest BCUT2D eigenvalue weighted by atomic mass is 35.5. The lowest BCUT2D eigenvalue weighted by Crippen LogP contribution is -2.27. The van der Waals surface area contributed by atoms with Crippen molar-refractivity contribution in [3.05, 3.63) is 59.1 Å². The molecule has 1 heterocycles. The zero-order chi connectivity index (χ0) is 22.2. The highest BCUT2D eigenvalue weighted by Gasteiger charge is 2.12. The van der Waals surface area contributed by atoms with E-state index in [2.05, 4.69) is 26.0 Å². The van der Waals surface area contributed by atoms with E-state index >= 15 is 0 Å². The van der Waals surface area contributed by atoms with Crippen LogP contribution >= 0.6 is 11.6 Å². The molecule has 2 aromatic carbocycles. The molecule has 0 aliphatic rings. The van der Waals surface area contributed by atoms with Crippen LogP contribution in [0.2, 0.25) is 5.02 Å². The Balaban J connectivity index is 1.47. The summed E-state index contributed by atoms with van der Waals surface area (Å²) >= 11 is 6.22. The maximum absolute atomic E-state index is 12.2. The molecule has 31 heavy (non-hydrogen) atoms. The minimum absolute atomic E-state index is 0.156. The molecule has 8 nitrogen and oxygen atoms in total. The molecular weight excluding hydrogens is 416 g/mol. The topological polar surface area (TPSA) is 102 Å². The number of benzene rings is 2. The second kappa shape index (κ2) is 10.7. The van der Waals surface area contributed by atoms with Crippen LogP contribution in [0.1, 0.15) is 37.0 Å². The van der Waals surface area contributed by atoms with Crippen LogP contribution in [0.4, 0.5) is 5.69 Å². The van der Waals surface area contributed by atoms with Gasteiger partial charge in [-0.05, 0) is 35.8 Å². The third-order valence-corrected chi connectivity index (χ3v) is 4.73. The Bertz CT molecular complexity index is 1040. The van der Waals surface area contributed by atoms with E-state index in [1.807, 2.05) is 44.2 Å². The van der Waals surface area contributed by atoms with Gasteiger partial charge in [0.1, 0.15) is 0 Å². The molecule has 0 aliphatic heterocycles. The number of aryl methyl sites for hydroxylation is 1. The number of aromatic nitrogens is 4. The summed E-state index contributed by atoms with van der Waals surface area (Å²) in [7, 11) is 0. The molecule has 0 spiro atoms. The Morgan fingerprint density at radius 1 is 1.13 bits per heavy atom. The van der Waals surface area contributed by atoms with Crippen molar-refractivity contribution in [2.75, 3.05) is 11.9 Å². The number of rotatable bonds is 9. The van der Waals surface area contributed by atoms with Crippen molar-refractivity contribution in [1.82, 2.24) is 25.5 Å². The summed E-state index contributed by atoms with van der Waals surface area (Å²) in [5, 5.41) is 18.3. The van der Waals surface area contributed by atoms with Crippen LogP contribution < -0.4 is 10.6 Å². The fourth-order valence-electron chi connectivity index (χ4n) is 2.81. The van der Waals surface area contributed by atoms with Gasteiger partial charge in [0, 0.05) is 24.2 Å². The van der Waals surface area contributed by atoms with Crippen molar-refractivity contribution < 1.29 is 9.59 Å². The van der Waals surface area contributed by atoms with Gasteiger partial charge in [-0.25, -0.2) is 0 Å². The molecule has 9 heteroatoms. The Kier molecular flexibility index (Phi) is 7.72. The van der Waals surface area contributed by atoms with E-state index in [4.69, 9.17) is 11.6 Å². The maximum Gasteiger partial charge on any atom is 0.252 e. The lowest BCUT2D eigenvalue weighted by atomic mass is 10.1. The lowest BCUT2D eigenvalue weighted by molar-refractivity contribution is -0.116. The van der Waals surface area contributed by atoms with E-state index in [-0.39, 0.29) is 18.2 Å². The zero-order valence-corrected chi connectivity index (χ0v) is 18.3. The average Bonchev–Trinajstić information content (AvgIpc) is 3.21. The first-order chi connectivity index (χ1) is 14.9. The first kappa shape index (κ1) is 22.4. The third-order valence-electron chi connectivity index (χ3n) is 4.42. The van der Waals surface area contributed by atoms with Crippen molar-refractivity contribution in [2.24, 2.45) is 5.92 Å². The summed E-state index contributed by atoms with van der Waals surface area (Å²) in [6.45, 7) is 5.08. The van der Waals surface area contributed by atoms with Gasteiger partial charge in [-0.2, -0.15) is 4.80 Å². The van der Waals surface area contributed by atoms with Gasteiger partial charge in [0.05, 0.1) is 17.1 Å². The molecule has 162 valence electrons. The molecule has 2 amide bonds. The van der Waals surface area contributed by atoms with Gasteiger partial charge in [0.25, 0.3) is 5.91 Å². The second-order valence-corrected chi connectivity index (χ2v) is 7.93. The number of hydrogen-bond donors (Lipinski definition) is 2. The smallest absolute Gasteiger partial charge is 0.252 e. The molecule has 0 saturated carbocycles. The van der Waals surface area contributed by atoms with E-state index in [0.29, 0.717) is 47.5 Å². The van der Waals surface area contributed by atoms with Crippen molar-refractivity contribution in [1.29, 1.82) is 0 Å². The zero-order valence-electron chi connectivity index (χ0n) is 17.5. The standard InChI is InChI=1S/C22H25ClN6O2/c1-15(2)14-24-22(31)18-11-10-17(13-19(18)23)25-20(30)9-6-12-29-27-21(26-28-29)16-7-4-3-5-8-16/h3-5,7-8,10-11,13,15H,6,9,12,14H2,1-2H3,(H,24,31)(H,25,30). The first-order valence-electron chi connectivity index (χ1n) is 10.1. The number of carbonyl (C=O) groups excluding carboxylic acids is 2. The third kappa shape index (κ3) is 6.62. The molecule has 0 aliphatic carbocycles. The van der Waals surface area contributed by atoms with Gasteiger partial charge < -0.3 is 10.6 Å². The van der Waals surface area contributed by atoms with E-state index in [0.717, 1.165) is 5.56 Å². The van der Waals surface area contributed by atoms with Crippen molar-refractivity contribution >= 4 is 29.1 Å². The average molecular weight is 441 g/mol. The summed E-state index contributed by atoms with van der Waals surface area (Å²) in [4.78, 5) is 25.9. The number of hydrogen-bond acceptors (Lipinski definition) is 5. The molecule has 2 N–H and O–H groups in total. The predicted octanol–water partition coefficient (Wildman–Crippen LogP) is 3.80. The van der Waals surface area contributed by atoms with Crippen molar-refractivity contribution in [3.8, 4) is 11.4 Å². The van der Waals surface area contributed by atoms with Crippen LogP contribution in [-0.2, 0) is 11.3 Å². The second-order valence-electron chi connectivity index (χ2n) is 7.53. The summed E-state index contributed by atoms with van der Waals surface area (Å²) in [5.74, 6) is 0.513. The molecule has 0 bridgehead atoms. The summed E-state index contributed by atoms with van der Waals surface area (Å²) in [5.41, 5.74) is 1.82. The van der Waals surface area contributed by atoms with Crippen LogP contribution in [-0.4, -0.2) is 38.6 Å². The van der Waals surface area contributed by atoms with E-state index in [1.54, 1.807) is 18.2 Å². The van der Waals surface area contributed by atoms with Crippen LogP contribution in [0.3, 0.4) is 0 Å². The van der Waals surface area contributed by atoms with Crippen molar-refractivity contribution in [3.63, 3.8) is 0 Å². The molecule has 0 radical (unpaired) electrons. The van der Waals surface area contributed by atoms with Crippen molar-refractivity contribution in [2.45, 2.75) is 33.2 Å². The van der Waals surface area contributed by atoms with E-state index in [1.165, 1.54) is 4.80 Å². The first-order valence-corrected chi connectivity index (χ1v) is 10.5. The summed E-state index contributed by atoms with van der Waals surface area (Å²) in [6.07, 6.45) is 0.844. The molecule has 0 unspecified atom stereocenters. The summed E-state index contributed by atoms with van der Waals surface area (Å²) in [6, 6.07) is 14.4. The Hall–Kier alpha value is -3.26. The van der Waals surface area contributed by atoms with Gasteiger partial charge >= 0.3 is 0 Å². The number of carbonyl (C=O) groups is 2. The normalized spacial score (nSPS) is 10.8. The van der Waals surface area contributed by atoms with Gasteiger partial charge in [-0.1, -0.05) is 55.8 Å². The Morgan fingerprint density at radius 2 is 1.90 bits per heavy atom. The van der Waals surface area contributed by atoms with E-state index in [9.17, 15) is 9.59 Å². The Labute approximate surface area is 186 Å². The predicted molar refractivity (Wildman–Crippen MR) is 120 cm³/mol.